The Bertz CT molecular complexity index is 557. The minimum absolute atomic E-state index is 0. The van der Waals surface area contributed by atoms with Crippen LogP contribution in [0.5, 0.6) is 5.75 Å². The number of nitrogens with one attached hydrogen (secondary N) is 1. The Morgan fingerprint density at radius 1 is 1.42 bits per heavy atom. The maximum Gasteiger partial charge on any atom is 0.223 e. The van der Waals surface area contributed by atoms with Crippen molar-refractivity contribution in [3.05, 3.63) is 29.8 Å². The number of hydrogen-bond acceptors (Lipinski definition) is 4. The molecule has 0 radical (unpaired) electrons. The largest absolute Gasteiger partial charge is 0.487 e. The fraction of sp³-hybridized carbons (Fsp3) is 0.611. The first-order valence-electron chi connectivity index (χ1n) is 8.46. The van der Waals surface area contributed by atoms with Gasteiger partial charge in [0, 0.05) is 25.6 Å². The highest BCUT2D eigenvalue weighted by molar-refractivity contribution is 5.85. The van der Waals surface area contributed by atoms with Crippen molar-refractivity contribution in [1.82, 2.24) is 5.32 Å². The number of amides is 1. The highest BCUT2D eigenvalue weighted by atomic mass is 35.5. The predicted molar refractivity (Wildman–Crippen MR) is 95.5 cm³/mol. The van der Waals surface area contributed by atoms with Gasteiger partial charge in [-0.1, -0.05) is 18.2 Å². The SMILES string of the molecule is COC(CN)CC(=O)NC1CC2(CCCC2)Oc2ccccc21.Cl. The van der Waals surface area contributed by atoms with Crippen molar-refractivity contribution in [2.24, 2.45) is 5.73 Å². The zero-order chi connectivity index (χ0) is 16.3. The van der Waals surface area contributed by atoms with Crippen molar-refractivity contribution in [3.8, 4) is 5.75 Å². The topological polar surface area (TPSA) is 73.6 Å². The summed E-state index contributed by atoms with van der Waals surface area (Å²) < 4.78 is 11.5. The molecule has 1 aliphatic carbocycles. The third kappa shape index (κ3) is 4.02. The average Bonchev–Trinajstić information content (AvgIpc) is 3.00. The lowest BCUT2D eigenvalue weighted by Crippen LogP contribution is -2.44. The summed E-state index contributed by atoms with van der Waals surface area (Å²) in [5, 5.41) is 3.17. The van der Waals surface area contributed by atoms with Crippen LogP contribution in [0.25, 0.3) is 0 Å². The van der Waals surface area contributed by atoms with Crippen LogP contribution in [0.1, 0.15) is 50.1 Å². The molecule has 2 atom stereocenters. The minimum Gasteiger partial charge on any atom is -0.487 e. The van der Waals surface area contributed by atoms with E-state index in [4.69, 9.17) is 15.2 Å². The smallest absolute Gasteiger partial charge is 0.223 e. The molecule has 24 heavy (non-hydrogen) atoms. The van der Waals surface area contributed by atoms with Crippen LogP contribution in [0, 0.1) is 0 Å². The third-order valence-electron chi connectivity index (χ3n) is 5.06. The number of ether oxygens (including phenoxy) is 2. The monoisotopic (exact) mass is 354 g/mol. The van der Waals surface area contributed by atoms with Gasteiger partial charge >= 0.3 is 0 Å². The highest BCUT2D eigenvalue weighted by Crippen LogP contribution is 2.46. The van der Waals surface area contributed by atoms with Crippen LogP contribution in [0.3, 0.4) is 0 Å². The van der Waals surface area contributed by atoms with Gasteiger partial charge in [0.25, 0.3) is 0 Å². The molecule has 6 heteroatoms. The zero-order valence-electron chi connectivity index (χ0n) is 14.1. The molecular formula is C18H27ClN2O3. The fourth-order valence-electron chi connectivity index (χ4n) is 3.80. The van der Waals surface area contributed by atoms with E-state index in [2.05, 4.69) is 5.32 Å². The van der Waals surface area contributed by atoms with Crippen molar-refractivity contribution in [1.29, 1.82) is 0 Å². The van der Waals surface area contributed by atoms with Crippen molar-refractivity contribution in [2.45, 2.75) is 56.3 Å². The molecule has 1 amide bonds. The van der Waals surface area contributed by atoms with E-state index in [1.807, 2.05) is 24.3 Å². The summed E-state index contributed by atoms with van der Waals surface area (Å²) in [5.74, 6) is 0.894. The molecule has 5 nitrogen and oxygen atoms in total. The summed E-state index contributed by atoms with van der Waals surface area (Å²) in [5.41, 5.74) is 6.57. The number of methoxy groups -OCH3 is 1. The second-order valence-electron chi connectivity index (χ2n) is 6.65. The number of fused-ring (bicyclic) bond motifs is 1. The highest BCUT2D eigenvalue weighted by Gasteiger charge is 2.43. The van der Waals surface area contributed by atoms with E-state index in [0.29, 0.717) is 13.0 Å². The Morgan fingerprint density at radius 3 is 2.79 bits per heavy atom. The molecule has 134 valence electrons. The summed E-state index contributed by atoms with van der Waals surface area (Å²) in [4.78, 5) is 12.4. The lowest BCUT2D eigenvalue weighted by molar-refractivity contribution is -0.124. The zero-order valence-corrected chi connectivity index (χ0v) is 14.9. The van der Waals surface area contributed by atoms with Gasteiger partial charge in [0.1, 0.15) is 11.4 Å². The maximum absolute atomic E-state index is 12.4. The number of hydrogen-bond donors (Lipinski definition) is 2. The first-order valence-corrected chi connectivity index (χ1v) is 8.46. The van der Waals surface area contributed by atoms with Gasteiger partial charge in [0.2, 0.25) is 5.91 Å². The Hall–Kier alpha value is -1.30. The van der Waals surface area contributed by atoms with E-state index >= 15 is 0 Å². The van der Waals surface area contributed by atoms with E-state index in [-0.39, 0.29) is 36.1 Å². The Balaban J connectivity index is 0.00000208. The van der Waals surface area contributed by atoms with Crippen LogP contribution in [0.15, 0.2) is 24.3 Å². The summed E-state index contributed by atoms with van der Waals surface area (Å²) in [7, 11) is 1.59. The quantitative estimate of drug-likeness (QED) is 0.852. The molecule has 1 aromatic carbocycles. The van der Waals surface area contributed by atoms with Gasteiger partial charge in [-0.3, -0.25) is 4.79 Å². The number of halogens is 1. The Kier molecular flexibility index (Phi) is 6.49. The number of carbonyl (C=O) groups is 1. The number of nitrogens with two attached hydrogens (primary N) is 1. The van der Waals surface area contributed by atoms with Crippen LogP contribution in [0.4, 0.5) is 0 Å². The van der Waals surface area contributed by atoms with Crippen molar-refractivity contribution >= 4 is 18.3 Å². The molecule has 2 unspecified atom stereocenters. The lowest BCUT2D eigenvalue weighted by atomic mass is 9.86. The lowest BCUT2D eigenvalue weighted by Gasteiger charge is -2.40. The van der Waals surface area contributed by atoms with E-state index in [0.717, 1.165) is 30.6 Å². The maximum atomic E-state index is 12.4. The molecule has 1 aliphatic heterocycles. The summed E-state index contributed by atoms with van der Waals surface area (Å²) in [6.45, 7) is 0.345. The molecule has 0 saturated heterocycles. The molecule has 2 aliphatic rings. The fourth-order valence-corrected chi connectivity index (χ4v) is 3.80. The van der Waals surface area contributed by atoms with E-state index in [1.165, 1.54) is 12.8 Å². The van der Waals surface area contributed by atoms with Crippen molar-refractivity contribution < 1.29 is 14.3 Å². The number of benzene rings is 1. The van der Waals surface area contributed by atoms with Gasteiger partial charge in [0.15, 0.2) is 0 Å². The van der Waals surface area contributed by atoms with Crippen LogP contribution in [0.2, 0.25) is 0 Å². The summed E-state index contributed by atoms with van der Waals surface area (Å²) in [6.07, 6.45) is 5.43. The third-order valence-corrected chi connectivity index (χ3v) is 5.06. The summed E-state index contributed by atoms with van der Waals surface area (Å²) in [6, 6.07) is 8.03. The van der Waals surface area contributed by atoms with Gasteiger partial charge in [-0.15, -0.1) is 12.4 Å². The standard InChI is InChI=1S/C18H26N2O3.ClH/c1-22-13(12-19)10-17(21)20-15-11-18(8-4-5-9-18)23-16-7-3-2-6-14(15)16;/h2-3,6-7,13,15H,4-5,8-12,19H2,1H3,(H,20,21);1H. The molecule has 0 bridgehead atoms. The first-order chi connectivity index (χ1) is 11.2. The van der Waals surface area contributed by atoms with Gasteiger partial charge < -0.3 is 20.5 Å². The van der Waals surface area contributed by atoms with Gasteiger partial charge in [0.05, 0.1) is 18.6 Å². The molecule has 1 fully saturated rings. The second-order valence-corrected chi connectivity index (χ2v) is 6.65. The van der Waals surface area contributed by atoms with Crippen LogP contribution < -0.4 is 15.8 Å². The van der Waals surface area contributed by atoms with Crippen molar-refractivity contribution in [3.63, 3.8) is 0 Å². The molecule has 1 heterocycles. The van der Waals surface area contributed by atoms with Gasteiger partial charge in [-0.25, -0.2) is 0 Å². The van der Waals surface area contributed by atoms with Crippen LogP contribution >= 0.6 is 12.4 Å². The normalized spacial score (nSPS) is 22.2. The Labute approximate surface area is 149 Å². The molecule has 3 rings (SSSR count). The molecule has 3 N–H and O–H groups in total. The van der Waals surface area contributed by atoms with Crippen LogP contribution in [-0.4, -0.2) is 31.3 Å². The van der Waals surface area contributed by atoms with Gasteiger partial charge in [-0.2, -0.15) is 0 Å². The van der Waals surface area contributed by atoms with Crippen LogP contribution in [-0.2, 0) is 9.53 Å². The van der Waals surface area contributed by atoms with E-state index in [1.54, 1.807) is 7.11 Å². The number of carbonyl (C=O) groups excluding carboxylic acids is 1. The van der Waals surface area contributed by atoms with E-state index < -0.39 is 0 Å². The number of rotatable bonds is 5. The second kappa shape index (κ2) is 8.19. The van der Waals surface area contributed by atoms with Crippen molar-refractivity contribution in [2.75, 3.05) is 13.7 Å². The average molecular weight is 355 g/mol. The van der Waals surface area contributed by atoms with E-state index in [9.17, 15) is 4.79 Å². The van der Waals surface area contributed by atoms with Gasteiger partial charge in [-0.05, 0) is 31.7 Å². The Morgan fingerprint density at radius 2 is 2.12 bits per heavy atom. The molecule has 1 spiro atoms. The minimum atomic E-state index is -0.231. The molecule has 1 saturated carbocycles. The predicted octanol–water partition coefficient (Wildman–Crippen LogP) is 2.72. The first kappa shape index (κ1) is 19.0. The molecular weight excluding hydrogens is 328 g/mol. The number of para-hydroxylation sites is 1. The molecule has 1 aromatic rings. The summed E-state index contributed by atoms with van der Waals surface area (Å²) >= 11 is 0. The molecule has 0 aromatic heterocycles.